The fourth-order valence-electron chi connectivity index (χ4n) is 1.96. The molecule has 0 spiro atoms. The highest BCUT2D eigenvalue weighted by Crippen LogP contribution is 2.28. The van der Waals surface area contributed by atoms with Gasteiger partial charge in [0.15, 0.2) is 5.69 Å². The first-order chi connectivity index (χ1) is 9.25. The Bertz CT molecular complexity index is 520. The standard InChI is InChI=1S/C11H12F3N3O3/c12-11(13,14)8-1-2-17(16-8)5-9(18)15-7-3-6(4-7)10(19)20/h1-2,6-7H,3-5H2,(H,15,18)(H,19,20). The third kappa shape index (κ3) is 3.28. The van der Waals surface area contributed by atoms with Gasteiger partial charge in [0.05, 0.1) is 5.92 Å². The Morgan fingerprint density at radius 3 is 2.60 bits per heavy atom. The summed E-state index contributed by atoms with van der Waals surface area (Å²) in [6, 6.07) is 0.554. The number of halogens is 3. The molecule has 0 radical (unpaired) electrons. The minimum Gasteiger partial charge on any atom is -0.481 e. The van der Waals surface area contributed by atoms with Crippen molar-refractivity contribution in [2.75, 3.05) is 0 Å². The van der Waals surface area contributed by atoms with E-state index >= 15 is 0 Å². The Kier molecular flexibility index (Phi) is 3.69. The number of carbonyl (C=O) groups excluding carboxylic acids is 1. The molecular weight excluding hydrogens is 279 g/mol. The second-order valence-corrected chi connectivity index (χ2v) is 4.67. The molecule has 0 bridgehead atoms. The zero-order valence-electron chi connectivity index (χ0n) is 10.2. The molecule has 1 saturated carbocycles. The molecule has 1 fully saturated rings. The summed E-state index contributed by atoms with van der Waals surface area (Å²) >= 11 is 0. The molecule has 6 nitrogen and oxygen atoms in total. The Hall–Kier alpha value is -2.06. The van der Waals surface area contributed by atoms with Crippen LogP contribution in [0.15, 0.2) is 12.3 Å². The van der Waals surface area contributed by atoms with E-state index in [0.717, 1.165) is 16.9 Å². The smallest absolute Gasteiger partial charge is 0.435 e. The van der Waals surface area contributed by atoms with E-state index in [1.165, 1.54) is 0 Å². The van der Waals surface area contributed by atoms with Gasteiger partial charge in [-0.05, 0) is 18.9 Å². The van der Waals surface area contributed by atoms with Gasteiger partial charge in [-0.1, -0.05) is 0 Å². The van der Waals surface area contributed by atoms with E-state index in [9.17, 15) is 22.8 Å². The van der Waals surface area contributed by atoms with Crippen LogP contribution in [0.5, 0.6) is 0 Å². The maximum atomic E-state index is 12.3. The van der Waals surface area contributed by atoms with Crippen molar-refractivity contribution < 1.29 is 27.9 Å². The lowest BCUT2D eigenvalue weighted by molar-refractivity contribution is -0.146. The number of hydrogen-bond donors (Lipinski definition) is 2. The predicted molar refractivity (Wildman–Crippen MR) is 59.5 cm³/mol. The number of carboxylic acid groups (broad SMARTS) is 1. The van der Waals surface area contributed by atoms with Crippen LogP contribution in [-0.2, 0) is 22.3 Å². The molecule has 1 amide bonds. The van der Waals surface area contributed by atoms with Crippen molar-refractivity contribution in [1.82, 2.24) is 15.1 Å². The number of nitrogens with zero attached hydrogens (tertiary/aromatic N) is 2. The third-order valence-electron chi connectivity index (χ3n) is 3.09. The van der Waals surface area contributed by atoms with E-state index < -0.39 is 29.7 Å². The van der Waals surface area contributed by atoms with Gasteiger partial charge in [-0.25, -0.2) is 0 Å². The number of rotatable bonds is 4. The van der Waals surface area contributed by atoms with Gasteiger partial charge >= 0.3 is 12.1 Å². The Morgan fingerprint density at radius 1 is 1.45 bits per heavy atom. The van der Waals surface area contributed by atoms with Crippen LogP contribution in [0, 0.1) is 5.92 Å². The first-order valence-corrected chi connectivity index (χ1v) is 5.88. The number of carbonyl (C=O) groups is 2. The molecule has 0 atom stereocenters. The second-order valence-electron chi connectivity index (χ2n) is 4.67. The Balaban J connectivity index is 1.81. The van der Waals surface area contributed by atoms with Gasteiger partial charge in [0.25, 0.3) is 0 Å². The Morgan fingerprint density at radius 2 is 2.10 bits per heavy atom. The quantitative estimate of drug-likeness (QED) is 0.862. The van der Waals surface area contributed by atoms with Crippen molar-refractivity contribution in [3.8, 4) is 0 Å². The van der Waals surface area contributed by atoms with Crippen LogP contribution in [0.4, 0.5) is 13.2 Å². The molecule has 1 aromatic rings. The lowest BCUT2D eigenvalue weighted by Gasteiger charge is -2.32. The molecule has 1 aromatic heterocycles. The molecule has 2 N–H and O–H groups in total. The topological polar surface area (TPSA) is 84.2 Å². The van der Waals surface area contributed by atoms with Crippen LogP contribution < -0.4 is 5.32 Å². The SMILES string of the molecule is O=C(Cn1ccc(C(F)(F)F)n1)NC1CC(C(=O)O)C1. The van der Waals surface area contributed by atoms with Crippen LogP contribution in [-0.4, -0.2) is 32.8 Å². The summed E-state index contributed by atoms with van der Waals surface area (Å²) in [6.45, 7) is -0.329. The lowest BCUT2D eigenvalue weighted by Crippen LogP contribution is -2.47. The van der Waals surface area contributed by atoms with Gasteiger partial charge < -0.3 is 10.4 Å². The average molecular weight is 291 g/mol. The molecule has 0 saturated heterocycles. The first kappa shape index (κ1) is 14.4. The largest absolute Gasteiger partial charge is 0.481 e. The number of amides is 1. The van der Waals surface area contributed by atoms with Crippen LogP contribution >= 0.6 is 0 Å². The summed E-state index contributed by atoms with van der Waals surface area (Å²) in [5.41, 5.74) is -1.06. The van der Waals surface area contributed by atoms with Crippen molar-refractivity contribution in [3.63, 3.8) is 0 Å². The highest BCUT2D eigenvalue weighted by atomic mass is 19.4. The normalized spacial score (nSPS) is 22.1. The summed E-state index contributed by atoms with van der Waals surface area (Å²) in [5.74, 6) is -1.85. The van der Waals surface area contributed by atoms with Crippen molar-refractivity contribution in [3.05, 3.63) is 18.0 Å². The van der Waals surface area contributed by atoms with Crippen LogP contribution in [0.25, 0.3) is 0 Å². The molecule has 110 valence electrons. The second kappa shape index (κ2) is 5.14. The molecule has 1 aliphatic rings. The average Bonchev–Trinajstić information content (AvgIpc) is 2.70. The maximum Gasteiger partial charge on any atom is 0.435 e. The summed E-state index contributed by atoms with van der Waals surface area (Å²) in [7, 11) is 0. The molecule has 9 heteroatoms. The van der Waals surface area contributed by atoms with E-state index in [2.05, 4.69) is 10.4 Å². The number of carboxylic acids is 1. The van der Waals surface area contributed by atoms with E-state index in [0.29, 0.717) is 12.8 Å². The predicted octanol–water partition coefficient (Wildman–Crippen LogP) is 0.881. The number of hydrogen-bond acceptors (Lipinski definition) is 3. The van der Waals surface area contributed by atoms with Gasteiger partial charge in [0, 0.05) is 12.2 Å². The third-order valence-corrected chi connectivity index (χ3v) is 3.09. The van der Waals surface area contributed by atoms with Crippen LogP contribution in [0.3, 0.4) is 0 Å². The highest BCUT2D eigenvalue weighted by molar-refractivity contribution is 5.77. The first-order valence-electron chi connectivity index (χ1n) is 5.88. The molecular formula is C11H12F3N3O3. The Labute approximate surface area is 111 Å². The van der Waals surface area contributed by atoms with Gasteiger partial charge in [-0.3, -0.25) is 14.3 Å². The van der Waals surface area contributed by atoms with Gasteiger partial charge in [0.1, 0.15) is 6.54 Å². The highest BCUT2D eigenvalue weighted by Gasteiger charge is 2.36. The van der Waals surface area contributed by atoms with E-state index in [1.54, 1.807) is 0 Å². The lowest BCUT2D eigenvalue weighted by atomic mass is 9.80. The van der Waals surface area contributed by atoms with E-state index in [1.807, 2.05) is 0 Å². The molecule has 2 rings (SSSR count). The molecule has 0 aromatic carbocycles. The van der Waals surface area contributed by atoms with Crippen molar-refractivity contribution in [2.45, 2.75) is 31.6 Å². The van der Waals surface area contributed by atoms with Crippen LogP contribution in [0.2, 0.25) is 0 Å². The minimum atomic E-state index is -4.54. The van der Waals surface area contributed by atoms with Crippen molar-refractivity contribution in [2.24, 2.45) is 5.92 Å². The van der Waals surface area contributed by atoms with Gasteiger partial charge in [-0.2, -0.15) is 18.3 Å². The minimum absolute atomic E-state index is 0.235. The monoisotopic (exact) mass is 291 g/mol. The number of aromatic nitrogens is 2. The number of aliphatic carboxylic acids is 1. The zero-order chi connectivity index (χ0) is 14.9. The summed E-state index contributed by atoms with van der Waals surface area (Å²) in [4.78, 5) is 22.1. The van der Waals surface area contributed by atoms with E-state index in [-0.39, 0.29) is 12.6 Å². The molecule has 1 aliphatic carbocycles. The van der Waals surface area contributed by atoms with E-state index in [4.69, 9.17) is 5.11 Å². The fourth-order valence-corrected chi connectivity index (χ4v) is 1.96. The fraction of sp³-hybridized carbons (Fsp3) is 0.545. The van der Waals surface area contributed by atoms with Crippen molar-refractivity contribution >= 4 is 11.9 Å². The summed E-state index contributed by atoms with van der Waals surface area (Å²) < 4.78 is 37.8. The summed E-state index contributed by atoms with van der Waals surface area (Å²) in [6.07, 6.45) is -2.78. The number of nitrogens with one attached hydrogen (secondary N) is 1. The van der Waals surface area contributed by atoms with Gasteiger partial charge in [0.2, 0.25) is 5.91 Å². The maximum absolute atomic E-state index is 12.3. The summed E-state index contributed by atoms with van der Waals surface area (Å²) in [5, 5.41) is 14.5. The molecule has 0 unspecified atom stereocenters. The van der Waals surface area contributed by atoms with Crippen LogP contribution in [0.1, 0.15) is 18.5 Å². The van der Waals surface area contributed by atoms with Gasteiger partial charge in [-0.15, -0.1) is 0 Å². The molecule has 20 heavy (non-hydrogen) atoms. The molecule has 1 heterocycles. The number of alkyl halides is 3. The molecule has 0 aliphatic heterocycles. The van der Waals surface area contributed by atoms with Crippen molar-refractivity contribution in [1.29, 1.82) is 0 Å². The zero-order valence-corrected chi connectivity index (χ0v) is 10.2.